The van der Waals surface area contributed by atoms with Crippen LogP contribution >= 0.6 is 0 Å². The van der Waals surface area contributed by atoms with E-state index < -0.39 is 0 Å². The van der Waals surface area contributed by atoms with Gasteiger partial charge in [0.15, 0.2) is 0 Å². The van der Waals surface area contributed by atoms with Gasteiger partial charge in [0.2, 0.25) is 5.95 Å². The van der Waals surface area contributed by atoms with Crippen LogP contribution in [0, 0.1) is 0 Å². The molecule has 0 amide bonds. The molecule has 1 aromatic heterocycles. The molecule has 1 heterocycles. The molecule has 1 aromatic rings. The Morgan fingerprint density at radius 3 is 2.83 bits per heavy atom. The summed E-state index contributed by atoms with van der Waals surface area (Å²) in [5.74, 6) is 0.968. The molecule has 0 spiro atoms. The molecule has 1 saturated carbocycles. The minimum atomic E-state index is 0.826. The van der Waals surface area contributed by atoms with E-state index in [1.165, 1.54) is 45.1 Å². The number of rotatable bonds is 6. The number of nitrogens with zero attached hydrogens (tertiary/aromatic N) is 3. The molecule has 4 heteroatoms. The molecule has 0 aromatic carbocycles. The second-order valence-electron chi connectivity index (χ2n) is 5.41. The molecule has 1 aliphatic rings. The largest absolute Gasteiger partial charge is 0.356 e. The summed E-state index contributed by atoms with van der Waals surface area (Å²) in [5.41, 5.74) is 0. The zero-order valence-electron chi connectivity index (χ0n) is 11.7. The monoisotopic (exact) mass is 250 g/mol. The number of imidazole rings is 1. The Balaban J connectivity index is 1.61. The zero-order valence-corrected chi connectivity index (χ0v) is 11.7. The van der Waals surface area contributed by atoms with Gasteiger partial charge in [-0.3, -0.25) is 0 Å². The lowest BCUT2D eigenvalue weighted by Gasteiger charge is -2.31. The summed E-state index contributed by atoms with van der Waals surface area (Å²) in [6.07, 6.45) is 12.0. The normalized spacial score (nSPS) is 17.3. The summed E-state index contributed by atoms with van der Waals surface area (Å²) in [6, 6.07) is 0.826. The molecule has 4 nitrogen and oxygen atoms in total. The molecule has 18 heavy (non-hydrogen) atoms. The van der Waals surface area contributed by atoms with Crippen molar-refractivity contribution in [3.8, 4) is 0 Å². The number of hydrogen-bond acceptors (Lipinski definition) is 3. The standard InChI is InChI=1S/C14H26N4/c1-17(13-7-4-3-5-8-13)11-6-9-15-14-16-10-12-18(14)2/h10,12-13H,3-9,11H2,1-2H3,(H,15,16). The molecule has 0 bridgehead atoms. The topological polar surface area (TPSA) is 33.1 Å². The molecule has 102 valence electrons. The number of nitrogens with one attached hydrogen (secondary N) is 1. The Labute approximate surface area is 110 Å². The van der Waals surface area contributed by atoms with Crippen LogP contribution in [0.4, 0.5) is 5.95 Å². The van der Waals surface area contributed by atoms with Gasteiger partial charge in [-0.1, -0.05) is 19.3 Å². The van der Waals surface area contributed by atoms with Crippen molar-refractivity contribution in [2.75, 3.05) is 25.5 Å². The van der Waals surface area contributed by atoms with E-state index in [1.807, 2.05) is 24.0 Å². The van der Waals surface area contributed by atoms with E-state index in [2.05, 4.69) is 22.2 Å². The third-order valence-electron chi connectivity index (χ3n) is 3.99. The first kappa shape index (κ1) is 13.4. The van der Waals surface area contributed by atoms with Gasteiger partial charge < -0.3 is 14.8 Å². The van der Waals surface area contributed by atoms with Crippen molar-refractivity contribution >= 4 is 5.95 Å². The van der Waals surface area contributed by atoms with Gasteiger partial charge in [0.1, 0.15) is 0 Å². The van der Waals surface area contributed by atoms with Crippen LogP contribution in [-0.4, -0.2) is 40.6 Å². The second kappa shape index (κ2) is 6.78. The average Bonchev–Trinajstić information content (AvgIpc) is 2.81. The Kier molecular flexibility index (Phi) is 5.05. The second-order valence-corrected chi connectivity index (χ2v) is 5.41. The van der Waals surface area contributed by atoms with Crippen LogP contribution in [0.15, 0.2) is 12.4 Å². The predicted octanol–water partition coefficient (Wildman–Crippen LogP) is 2.49. The molecule has 1 fully saturated rings. The van der Waals surface area contributed by atoms with Gasteiger partial charge >= 0.3 is 0 Å². The van der Waals surface area contributed by atoms with Gasteiger partial charge in [0.25, 0.3) is 0 Å². The van der Waals surface area contributed by atoms with Crippen molar-refractivity contribution in [1.29, 1.82) is 0 Å². The average molecular weight is 250 g/mol. The van der Waals surface area contributed by atoms with Crippen molar-refractivity contribution in [3.63, 3.8) is 0 Å². The van der Waals surface area contributed by atoms with Crippen LogP contribution in [0.25, 0.3) is 0 Å². The highest BCUT2D eigenvalue weighted by atomic mass is 15.2. The quantitative estimate of drug-likeness (QED) is 0.787. The van der Waals surface area contributed by atoms with Crippen LogP contribution in [0.1, 0.15) is 38.5 Å². The lowest BCUT2D eigenvalue weighted by Crippen LogP contribution is -2.34. The molecule has 1 aliphatic carbocycles. The molecule has 0 unspecified atom stereocenters. The number of aryl methyl sites for hydroxylation is 1. The predicted molar refractivity (Wildman–Crippen MR) is 75.8 cm³/mol. The number of anilines is 1. The lowest BCUT2D eigenvalue weighted by atomic mass is 9.94. The van der Waals surface area contributed by atoms with Gasteiger partial charge in [0.05, 0.1) is 0 Å². The summed E-state index contributed by atoms with van der Waals surface area (Å²) in [7, 11) is 4.29. The van der Waals surface area contributed by atoms with Crippen molar-refractivity contribution in [2.45, 2.75) is 44.6 Å². The first-order valence-corrected chi connectivity index (χ1v) is 7.19. The van der Waals surface area contributed by atoms with Gasteiger partial charge in [-0.2, -0.15) is 0 Å². The van der Waals surface area contributed by atoms with Gasteiger partial charge in [-0.15, -0.1) is 0 Å². The maximum absolute atomic E-state index is 4.26. The van der Waals surface area contributed by atoms with Crippen LogP contribution in [0.5, 0.6) is 0 Å². The molecule has 0 aliphatic heterocycles. The highest BCUT2D eigenvalue weighted by molar-refractivity contribution is 5.24. The van der Waals surface area contributed by atoms with E-state index in [-0.39, 0.29) is 0 Å². The van der Waals surface area contributed by atoms with E-state index >= 15 is 0 Å². The zero-order chi connectivity index (χ0) is 12.8. The van der Waals surface area contributed by atoms with Crippen molar-refractivity contribution < 1.29 is 0 Å². The molecular weight excluding hydrogens is 224 g/mol. The van der Waals surface area contributed by atoms with Crippen molar-refractivity contribution in [3.05, 3.63) is 12.4 Å². The van der Waals surface area contributed by atoms with Gasteiger partial charge in [0, 0.05) is 32.0 Å². The van der Waals surface area contributed by atoms with Crippen LogP contribution in [-0.2, 0) is 7.05 Å². The van der Waals surface area contributed by atoms with Gasteiger partial charge in [-0.05, 0) is 32.9 Å². The first-order valence-electron chi connectivity index (χ1n) is 7.19. The Morgan fingerprint density at radius 2 is 2.17 bits per heavy atom. The SMILES string of the molecule is CN(CCCNc1nccn1C)C1CCCCC1. The highest BCUT2D eigenvalue weighted by Crippen LogP contribution is 2.21. The van der Waals surface area contributed by atoms with Crippen molar-refractivity contribution in [2.24, 2.45) is 7.05 Å². The number of aromatic nitrogens is 2. The Bertz CT molecular complexity index is 341. The minimum Gasteiger partial charge on any atom is -0.356 e. The number of hydrogen-bond donors (Lipinski definition) is 1. The Hall–Kier alpha value is -1.03. The van der Waals surface area contributed by atoms with Crippen LogP contribution in [0.2, 0.25) is 0 Å². The molecule has 1 N–H and O–H groups in total. The highest BCUT2D eigenvalue weighted by Gasteiger charge is 2.17. The van der Waals surface area contributed by atoms with E-state index in [9.17, 15) is 0 Å². The maximum Gasteiger partial charge on any atom is 0.202 e. The minimum absolute atomic E-state index is 0.826. The van der Waals surface area contributed by atoms with Crippen LogP contribution < -0.4 is 5.32 Å². The molecule has 0 atom stereocenters. The maximum atomic E-state index is 4.26. The van der Waals surface area contributed by atoms with E-state index in [4.69, 9.17) is 0 Å². The molecule has 2 rings (SSSR count). The fourth-order valence-corrected chi connectivity index (χ4v) is 2.77. The molecule has 0 radical (unpaired) electrons. The first-order chi connectivity index (χ1) is 8.77. The van der Waals surface area contributed by atoms with Gasteiger partial charge in [-0.25, -0.2) is 4.98 Å². The summed E-state index contributed by atoms with van der Waals surface area (Å²) in [5, 5.41) is 3.38. The molecule has 0 saturated heterocycles. The summed E-state index contributed by atoms with van der Waals surface area (Å²) in [6.45, 7) is 2.18. The molecular formula is C14H26N4. The fourth-order valence-electron chi connectivity index (χ4n) is 2.77. The smallest absolute Gasteiger partial charge is 0.202 e. The third kappa shape index (κ3) is 3.73. The lowest BCUT2D eigenvalue weighted by molar-refractivity contribution is 0.191. The van der Waals surface area contributed by atoms with E-state index in [0.29, 0.717) is 0 Å². The van der Waals surface area contributed by atoms with E-state index in [1.54, 1.807) is 0 Å². The van der Waals surface area contributed by atoms with Crippen molar-refractivity contribution in [1.82, 2.24) is 14.5 Å². The summed E-state index contributed by atoms with van der Waals surface area (Å²) >= 11 is 0. The summed E-state index contributed by atoms with van der Waals surface area (Å²) < 4.78 is 2.02. The van der Waals surface area contributed by atoms with E-state index in [0.717, 1.165) is 18.5 Å². The Morgan fingerprint density at radius 1 is 1.39 bits per heavy atom. The summed E-state index contributed by atoms with van der Waals surface area (Å²) in [4.78, 5) is 6.80. The fraction of sp³-hybridized carbons (Fsp3) is 0.786. The van der Waals surface area contributed by atoms with Crippen LogP contribution in [0.3, 0.4) is 0 Å². The third-order valence-corrected chi connectivity index (χ3v) is 3.99.